The minimum Gasteiger partial charge on any atom is -0.479 e. The molecule has 2 amide bonds. The maximum atomic E-state index is 12.2. The lowest BCUT2D eigenvalue weighted by atomic mass is 10.1. The average Bonchev–Trinajstić information content (AvgIpc) is 2.45. The maximum Gasteiger partial charge on any atom is 0.337 e. The van der Waals surface area contributed by atoms with E-state index in [1.807, 2.05) is 36.2 Å². The highest BCUT2D eigenvalue weighted by Crippen LogP contribution is 2.31. The first-order valence-corrected chi connectivity index (χ1v) is 6.64. The van der Waals surface area contributed by atoms with Crippen molar-refractivity contribution in [2.45, 2.75) is 12.5 Å². The number of aliphatic hydroxyl groups is 1. The van der Waals surface area contributed by atoms with Gasteiger partial charge in [0, 0.05) is 20.1 Å². The Bertz CT molecular complexity index is 559. The van der Waals surface area contributed by atoms with Gasteiger partial charge in [0.15, 0.2) is 5.60 Å². The Labute approximate surface area is 122 Å². The van der Waals surface area contributed by atoms with Gasteiger partial charge in [-0.1, -0.05) is 12.1 Å². The van der Waals surface area contributed by atoms with Crippen molar-refractivity contribution in [3.05, 3.63) is 24.3 Å². The van der Waals surface area contributed by atoms with E-state index in [4.69, 9.17) is 5.11 Å². The molecule has 1 aromatic rings. The number of nitrogens with zero attached hydrogens (tertiary/aromatic N) is 2. The highest BCUT2D eigenvalue weighted by molar-refractivity contribution is 5.97. The molecular weight excluding hydrogens is 274 g/mol. The highest BCUT2D eigenvalue weighted by Gasteiger charge is 2.32. The summed E-state index contributed by atoms with van der Waals surface area (Å²) in [6.07, 6.45) is 0. The van der Waals surface area contributed by atoms with E-state index in [9.17, 15) is 14.7 Å². The number of carboxylic acids is 1. The fourth-order valence-corrected chi connectivity index (χ4v) is 2.14. The number of anilines is 2. The summed E-state index contributed by atoms with van der Waals surface area (Å²) in [7, 11) is 1.95. The molecule has 2 rings (SSSR count). The van der Waals surface area contributed by atoms with E-state index in [0.29, 0.717) is 13.1 Å². The minimum absolute atomic E-state index is 0.352. The summed E-state index contributed by atoms with van der Waals surface area (Å²) in [5, 5.41) is 20.9. The van der Waals surface area contributed by atoms with Crippen molar-refractivity contribution in [2.75, 3.05) is 36.5 Å². The molecule has 1 aliphatic heterocycles. The molecule has 0 aromatic heterocycles. The number of hydrogen-bond acceptors (Lipinski definition) is 4. The molecule has 0 radical (unpaired) electrons. The number of carbonyl (C=O) groups is 2. The first-order chi connectivity index (χ1) is 9.83. The quantitative estimate of drug-likeness (QED) is 0.754. The molecule has 0 fully saturated rings. The predicted molar refractivity (Wildman–Crippen MR) is 78.7 cm³/mol. The molecule has 0 aliphatic carbocycles. The number of benzene rings is 1. The molecule has 3 N–H and O–H groups in total. The molecule has 7 heteroatoms. The SMILES string of the molecule is CN1CCN(C(=O)NCC(C)(O)C(=O)O)c2ccccc21. The van der Waals surface area contributed by atoms with Gasteiger partial charge in [0.1, 0.15) is 0 Å². The van der Waals surface area contributed by atoms with Crippen LogP contribution in [0.4, 0.5) is 16.2 Å². The third kappa shape index (κ3) is 3.08. The molecule has 7 nitrogen and oxygen atoms in total. The Balaban J connectivity index is 2.11. The maximum absolute atomic E-state index is 12.2. The number of nitrogens with one attached hydrogen (secondary N) is 1. The van der Waals surface area contributed by atoms with Crippen molar-refractivity contribution >= 4 is 23.4 Å². The van der Waals surface area contributed by atoms with Gasteiger partial charge in [-0.25, -0.2) is 9.59 Å². The number of rotatable bonds is 3. The van der Waals surface area contributed by atoms with E-state index in [1.54, 1.807) is 4.90 Å². The highest BCUT2D eigenvalue weighted by atomic mass is 16.4. The Hall–Kier alpha value is -2.28. The van der Waals surface area contributed by atoms with Crippen LogP contribution in [0.15, 0.2) is 24.3 Å². The molecule has 1 heterocycles. The molecule has 0 bridgehead atoms. The van der Waals surface area contributed by atoms with Crippen molar-refractivity contribution in [3.63, 3.8) is 0 Å². The van der Waals surface area contributed by atoms with Gasteiger partial charge in [-0.05, 0) is 19.1 Å². The topological polar surface area (TPSA) is 93.1 Å². The summed E-state index contributed by atoms with van der Waals surface area (Å²) >= 11 is 0. The number of amides is 2. The molecule has 1 atom stereocenters. The third-order valence-corrected chi connectivity index (χ3v) is 3.53. The lowest BCUT2D eigenvalue weighted by Gasteiger charge is -2.35. The number of urea groups is 1. The second-order valence-corrected chi connectivity index (χ2v) is 5.30. The second-order valence-electron chi connectivity index (χ2n) is 5.30. The van der Waals surface area contributed by atoms with Crippen LogP contribution in [0.5, 0.6) is 0 Å². The van der Waals surface area contributed by atoms with Gasteiger partial charge in [-0.3, -0.25) is 4.90 Å². The van der Waals surface area contributed by atoms with Gasteiger partial charge in [0.05, 0.1) is 17.9 Å². The zero-order valence-corrected chi connectivity index (χ0v) is 12.0. The fourth-order valence-electron chi connectivity index (χ4n) is 2.14. The van der Waals surface area contributed by atoms with Gasteiger partial charge < -0.3 is 20.4 Å². The fraction of sp³-hybridized carbons (Fsp3) is 0.429. The minimum atomic E-state index is -1.98. The number of aliphatic carboxylic acids is 1. The molecule has 1 aromatic carbocycles. The largest absolute Gasteiger partial charge is 0.479 e. The standard InChI is InChI=1S/C14H19N3O4/c1-14(21,12(18)19)9-15-13(20)17-8-7-16(2)10-5-3-4-6-11(10)17/h3-6,21H,7-9H2,1-2H3,(H,15,20)(H,18,19). The van der Waals surface area contributed by atoms with Crippen molar-refractivity contribution < 1.29 is 19.8 Å². The average molecular weight is 293 g/mol. The zero-order valence-electron chi connectivity index (χ0n) is 12.0. The van der Waals surface area contributed by atoms with Crippen LogP contribution in [0.2, 0.25) is 0 Å². The summed E-state index contributed by atoms with van der Waals surface area (Å²) in [6, 6.07) is 7.07. The van der Waals surface area contributed by atoms with Gasteiger partial charge in [-0.15, -0.1) is 0 Å². The summed E-state index contributed by atoms with van der Waals surface area (Å²) in [4.78, 5) is 26.7. The molecule has 1 aliphatic rings. The van der Waals surface area contributed by atoms with Gasteiger partial charge >= 0.3 is 12.0 Å². The van der Waals surface area contributed by atoms with Crippen LogP contribution in [0, 0.1) is 0 Å². The Morgan fingerprint density at radius 1 is 1.29 bits per heavy atom. The smallest absolute Gasteiger partial charge is 0.337 e. The number of hydrogen-bond donors (Lipinski definition) is 3. The van der Waals surface area contributed by atoms with E-state index < -0.39 is 17.6 Å². The number of likely N-dealkylation sites (N-methyl/N-ethyl adjacent to an activating group) is 1. The van der Waals surface area contributed by atoms with E-state index in [2.05, 4.69) is 5.32 Å². The van der Waals surface area contributed by atoms with Crippen LogP contribution >= 0.6 is 0 Å². The summed E-state index contributed by atoms with van der Waals surface area (Å²) in [6.45, 7) is 1.97. The Morgan fingerprint density at radius 3 is 2.52 bits per heavy atom. The third-order valence-electron chi connectivity index (χ3n) is 3.53. The molecule has 0 saturated heterocycles. The van der Waals surface area contributed by atoms with E-state index in [1.165, 1.54) is 0 Å². The first kappa shape index (κ1) is 15.1. The van der Waals surface area contributed by atoms with Gasteiger partial charge in [0.25, 0.3) is 0 Å². The number of carbonyl (C=O) groups excluding carboxylic acids is 1. The van der Waals surface area contributed by atoms with Crippen LogP contribution in [-0.4, -0.2) is 54.5 Å². The lowest BCUT2D eigenvalue weighted by molar-refractivity contribution is -0.155. The molecule has 0 saturated carbocycles. The van der Waals surface area contributed by atoms with Crippen molar-refractivity contribution in [1.82, 2.24) is 5.32 Å². The van der Waals surface area contributed by atoms with Crippen molar-refractivity contribution in [2.24, 2.45) is 0 Å². The van der Waals surface area contributed by atoms with Crippen molar-refractivity contribution in [1.29, 1.82) is 0 Å². The second kappa shape index (κ2) is 5.61. The normalized spacial score (nSPS) is 16.9. The number of carboxylic acid groups (broad SMARTS) is 1. The Morgan fingerprint density at radius 2 is 1.90 bits per heavy atom. The molecule has 1 unspecified atom stereocenters. The van der Waals surface area contributed by atoms with Crippen LogP contribution < -0.4 is 15.1 Å². The van der Waals surface area contributed by atoms with E-state index in [-0.39, 0.29) is 6.54 Å². The number of para-hydroxylation sites is 2. The Kier molecular flexibility index (Phi) is 4.04. The lowest BCUT2D eigenvalue weighted by Crippen LogP contribution is -2.52. The predicted octanol–water partition coefficient (Wildman–Crippen LogP) is 0.488. The van der Waals surface area contributed by atoms with Crippen molar-refractivity contribution in [3.8, 4) is 0 Å². The first-order valence-electron chi connectivity index (χ1n) is 6.64. The molecule has 21 heavy (non-hydrogen) atoms. The summed E-state index contributed by atoms with van der Waals surface area (Å²) in [5.41, 5.74) is -0.288. The molecular formula is C14H19N3O4. The van der Waals surface area contributed by atoms with Crippen LogP contribution in [-0.2, 0) is 4.79 Å². The molecule has 114 valence electrons. The van der Waals surface area contributed by atoms with Gasteiger partial charge in [-0.2, -0.15) is 0 Å². The van der Waals surface area contributed by atoms with E-state index >= 15 is 0 Å². The number of fused-ring (bicyclic) bond motifs is 1. The summed E-state index contributed by atoms with van der Waals surface area (Å²) in [5.74, 6) is -1.37. The van der Waals surface area contributed by atoms with Gasteiger partial charge in [0.2, 0.25) is 0 Å². The zero-order chi connectivity index (χ0) is 15.6. The summed E-state index contributed by atoms with van der Waals surface area (Å²) < 4.78 is 0. The monoisotopic (exact) mass is 293 g/mol. The molecule has 0 spiro atoms. The van der Waals surface area contributed by atoms with Crippen LogP contribution in [0.1, 0.15) is 6.92 Å². The van der Waals surface area contributed by atoms with E-state index in [0.717, 1.165) is 18.3 Å². The van der Waals surface area contributed by atoms with Crippen LogP contribution in [0.3, 0.4) is 0 Å². The van der Waals surface area contributed by atoms with Crippen LogP contribution in [0.25, 0.3) is 0 Å².